The van der Waals surface area contributed by atoms with Gasteiger partial charge in [-0.1, -0.05) is 0 Å². The van der Waals surface area contributed by atoms with Crippen molar-refractivity contribution in [2.45, 2.75) is 13.0 Å². The minimum absolute atomic E-state index is 0. The third kappa shape index (κ3) is 3.59. The average Bonchev–Trinajstić information content (AvgIpc) is 2.08. The number of aromatic nitrogens is 1. The number of hydrogen-bond donors (Lipinski definition) is 3. The van der Waals surface area contributed by atoms with E-state index in [9.17, 15) is 4.79 Å². The Balaban J connectivity index is 0.00000169. The van der Waals surface area contributed by atoms with Crippen molar-refractivity contribution < 1.29 is 4.79 Å². The van der Waals surface area contributed by atoms with Gasteiger partial charge in [-0.2, -0.15) is 0 Å². The van der Waals surface area contributed by atoms with E-state index in [0.29, 0.717) is 11.5 Å². The summed E-state index contributed by atoms with van der Waals surface area (Å²) in [4.78, 5) is 14.9. The normalized spacial score (nSPS) is 11.3. The highest BCUT2D eigenvalue weighted by Gasteiger charge is 2.06. The molecule has 6 heteroatoms. The van der Waals surface area contributed by atoms with Gasteiger partial charge in [-0.3, -0.25) is 4.79 Å². The summed E-state index contributed by atoms with van der Waals surface area (Å²) in [6.45, 7) is 1.61. The predicted molar refractivity (Wildman–Crippen MR) is 58.2 cm³/mol. The van der Waals surface area contributed by atoms with Crippen molar-refractivity contribution in [2.75, 3.05) is 11.1 Å². The van der Waals surface area contributed by atoms with Crippen LogP contribution in [0.15, 0.2) is 18.3 Å². The summed E-state index contributed by atoms with van der Waals surface area (Å²) in [6, 6.07) is 2.75. The molecule has 1 unspecified atom stereocenters. The van der Waals surface area contributed by atoms with E-state index < -0.39 is 6.04 Å². The summed E-state index contributed by atoms with van der Waals surface area (Å²) in [5.74, 6) is 0.172. The number of nitrogens with zero attached hydrogens (tertiary/aromatic N) is 1. The molecule has 5 N–H and O–H groups in total. The minimum atomic E-state index is -0.530. The van der Waals surface area contributed by atoms with Gasteiger partial charge >= 0.3 is 0 Å². The predicted octanol–water partition coefficient (Wildman–Crippen LogP) is 0.371. The molecule has 0 fully saturated rings. The van der Waals surface area contributed by atoms with Crippen LogP contribution in [0.25, 0.3) is 0 Å². The van der Waals surface area contributed by atoms with Crippen molar-refractivity contribution in [1.29, 1.82) is 0 Å². The lowest BCUT2D eigenvalue weighted by molar-refractivity contribution is -0.117. The Kier molecular flexibility index (Phi) is 4.90. The van der Waals surface area contributed by atoms with E-state index in [1.54, 1.807) is 19.1 Å². The number of carbonyl (C=O) groups excluding carboxylic acids is 1. The first-order valence-corrected chi connectivity index (χ1v) is 3.87. The van der Waals surface area contributed by atoms with E-state index in [1.165, 1.54) is 6.20 Å². The summed E-state index contributed by atoms with van der Waals surface area (Å²) in [5.41, 5.74) is 11.3. The van der Waals surface area contributed by atoms with E-state index in [1.807, 2.05) is 0 Å². The zero-order valence-corrected chi connectivity index (χ0v) is 8.54. The molecule has 0 aliphatic carbocycles. The standard InChI is InChI=1S/C8H12N4O.ClH/c1-5(9)8(13)12-6-2-3-7(10)11-4-6;/h2-5H,9H2,1H3,(H2,10,11)(H,12,13);1H. The lowest BCUT2D eigenvalue weighted by atomic mass is 10.3. The van der Waals surface area contributed by atoms with Crippen molar-refractivity contribution in [2.24, 2.45) is 5.73 Å². The van der Waals surface area contributed by atoms with Crippen LogP contribution in [0, 0.1) is 0 Å². The molecule has 1 aromatic rings. The zero-order chi connectivity index (χ0) is 9.84. The van der Waals surface area contributed by atoms with Crippen molar-refractivity contribution >= 4 is 29.8 Å². The number of carbonyl (C=O) groups is 1. The van der Waals surface area contributed by atoms with Crippen LogP contribution in [0.5, 0.6) is 0 Å². The lowest BCUT2D eigenvalue weighted by Crippen LogP contribution is -2.32. The van der Waals surface area contributed by atoms with E-state index in [0.717, 1.165) is 0 Å². The van der Waals surface area contributed by atoms with Crippen LogP contribution in [0.4, 0.5) is 11.5 Å². The molecule has 0 saturated heterocycles. The highest BCUT2D eigenvalue weighted by Crippen LogP contribution is 2.06. The monoisotopic (exact) mass is 216 g/mol. The highest BCUT2D eigenvalue weighted by atomic mass is 35.5. The molecule has 0 bridgehead atoms. The second-order valence-corrected chi connectivity index (χ2v) is 2.75. The SMILES string of the molecule is CC(N)C(=O)Nc1ccc(N)nc1.Cl. The molecule has 0 saturated carbocycles. The fourth-order valence-corrected chi connectivity index (χ4v) is 0.735. The number of nitrogens with two attached hydrogens (primary N) is 2. The number of halogens is 1. The highest BCUT2D eigenvalue weighted by molar-refractivity contribution is 5.94. The van der Waals surface area contributed by atoms with Gasteiger partial charge in [-0.25, -0.2) is 4.98 Å². The Morgan fingerprint density at radius 2 is 2.21 bits per heavy atom. The molecule has 0 aliphatic heterocycles. The average molecular weight is 217 g/mol. The quantitative estimate of drug-likeness (QED) is 0.666. The van der Waals surface area contributed by atoms with Gasteiger partial charge in [0.1, 0.15) is 5.82 Å². The first-order valence-electron chi connectivity index (χ1n) is 3.87. The molecule has 1 aromatic heterocycles. The molecule has 1 amide bonds. The van der Waals surface area contributed by atoms with E-state index in [4.69, 9.17) is 11.5 Å². The molecule has 14 heavy (non-hydrogen) atoms. The number of amides is 1. The second-order valence-electron chi connectivity index (χ2n) is 2.75. The van der Waals surface area contributed by atoms with Gasteiger partial charge in [0.05, 0.1) is 17.9 Å². The van der Waals surface area contributed by atoms with Gasteiger partial charge in [0.25, 0.3) is 0 Å². The number of pyridine rings is 1. The van der Waals surface area contributed by atoms with Crippen molar-refractivity contribution in [3.05, 3.63) is 18.3 Å². The van der Waals surface area contributed by atoms with Crippen LogP contribution in [-0.2, 0) is 4.79 Å². The molecule has 1 heterocycles. The lowest BCUT2D eigenvalue weighted by Gasteiger charge is -2.06. The van der Waals surface area contributed by atoms with Gasteiger partial charge in [0.15, 0.2) is 0 Å². The summed E-state index contributed by atoms with van der Waals surface area (Å²) >= 11 is 0. The molecule has 1 rings (SSSR count). The number of nitrogen functional groups attached to an aromatic ring is 1. The van der Waals surface area contributed by atoms with Gasteiger partial charge < -0.3 is 16.8 Å². The van der Waals surface area contributed by atoms with Crippen LogP contribution < -0.4 is 16.8 Å². The molecule has 0 radical (unpaired) electrons. The number of rotatable bonds is 2. The molecule has 5 nitrogen and oxygen atoms in total. The minimum Gasteiger partial charge on any atom is -0.384 e. The number of hydrogen-bond acceptors (Lipinski definition) is 4. The maximum Gasteiger partial charge on any atom is 0.241 e. The molecule has 0 aromatic carbocycles. The fraction of sp³-hybridized carbons (Fsp3) is 0.250. The van der Waals surface area contributed by atoms with Gasteiger partial charge in [-0.15, -0.1) is 12.4 Å². The smallest absolute Gasteiger partial charge is 0.241 e. The van der Waals surface area contributed by atoms with Crippen LogP contribution in [0.2, 0.25) is 0 Å². The van der Waals surface area contributed by atoms with Crippen LogP contribution in [-0.4, -0.2) is 16.9 Å². The van der Waals surface area contributed by atoms with E-state index in [-0.39, 0.29) is 18.3 Å². The Morgan fingerprint density at radius 1 is 1.57 bits per heavy atom. The number of nitrogens with one attached hydrogen (secondary N) is 1. The second kappa shape index (κ2) is 5.41. The molecule has 78 valence electrons. The van der Waals surface area contributed by atoms with Gasteiger partial charge in [0, 0.05) is 0 Å². The van der Waals surface area contributed by atoms with Crippen LogP contribution >= 0.6 is 12.4 Å². The molecule has 0 aliphatic rings. The number of anilines is 2. The first kappa shape index (κ1) is 12.7. The van der Waals surface area contributed by atoms with Gasteiger partial charge in [0.2, 0.25) is 5.91 Å². The van der Waals surface area contributed by atoms with E-state index >= 15 is 0 Å². The third-order valence-corrected chi connectivity index (χ3v) is 1.47. The summed E-state index contributed by atoms with van der Waals surface area (Å²) in [7, 11) is 0. The van der Waals surface area contributed by atoms with Crippen molar-refractivity contribution in [3.8, 4) is 0 Å². The zero-order valence-electron chi connectivity index (χ0n) is 7.73. The summed E-state index contributed by atoms with van der Waals surface area (Å²) < 4.78 is 0. The Labute approximate surface area is 88.3 Å². The van der Waals surface area contributed by atoms with Crippen LogP contribution in [0.1, 0.15) is 6.92 Å². The topological polar surface area (TPSA) is 94.0 Å². The van der Waals surface area contributed by atoms with E-state index in [2.05, 4.69) is 10.3 Å². The maximum atomic E-state index is 11.1. The molecule has 0 spiro atoms. The summed E-state index contributed by atoms with van der Waals surface area (Å²) in [5, 5.41) is 2.59. The van der Waals surface area contributed by atoms with Gasteiger partial charge in [-0.05, 0) is 19.1 Å². The molecular formula is C8H13ClN4O. The van der Waals surface area contributed by atoms with Crippen LogP contribution in [0.3, 0.4) is 0 Å². The molecule has 1 atom stereocenters. The Morgan fingerprint density at radius 3 is 2.64 bits per heavy atom. The van der Waals surface area contributed by atoms with Crippen molar-refractivity contribution in [3.63, 3.8) is 0 Å². The largest absolute Gasteiger partial charge is 0.384 e. The maximum absolute atomic E-state index is 11.1. The third-order valence-electron chi connectivity index (χ3n) is 1.47. The van der Waals surface area contributed by atoms with Crippen molar-refractivity contribution in [1.82, 2.24) is 4.98 Å². The fourth-order valence-electron chi connectivity index (χ4n) is 0.735. The molecular weight excluding hydrogens is 204 g/mol. The first-order chi connectivity index (χ1) is 6.09. The Bertz CT molecular complexity index is 299. The summed E-state index contributed by atoms with van der Waals surface area (Å²) in [6.07, 6.45) is 1.48. The Hall–Kier alpha value is -1.33.